The molecule has 11 heteroatoms. The summed E-state index contributed by atoms with van der Waals surface area (Å²) >= 11 is 0. The zero-order valence-electron chi connectivity index (χ0n) is 24.6. The first-order valence-electron chi connectivity index (χ1n) is 14.4. The van der Waals surface area contributed by atoms with Crippen molar-refractivity contribution in [2.45, 2.75) is 32.3 Å². The molecule has 3 atom stereocenters. The average molecular weight is 596 g/mol. The Labute approximate surface area is 254 Å². The van der Waals surface area contributed by atoms with Crippen molar-refractivity contribution in [2.24, 2.45) is 5.92 Å². The van der Waals surface area contributed by atoms with Crippen LogP contribution in [0.25, 0.3) is 11.1 Å². The van der Waals surface area contributed by atoms with Crippen LogP contribution in [0.5, 0.6) is 0 Å². The number of likely N-dealkylation sites (N-methyl/N-ethyl adjacent to an activating group) is 1. The van der Waals surface area contributed by atoms with Gasteiger partial charge in [-0.1, -0.05) is 36.4 Å². The summed E-state index contributed by atoms with van der Waals surface area (Å²) in [5, 5.41) is 13.1. The minimum atomic E-state index is -0.957. The number of fused-ring (bicyclic) bond motifs is 1. The van der Waals surface area contributed by atoms with Crippen molar-refractivity contribution in [1.82, 2.24) is 15.4 Å². The van der Waals surface area contributed by atoms with E-state index in [1.807, 2.05) is 61.5 Å². The molecule has 44 heavy (non-hydrogen) atoms. The lowest BCUT2D eigenvalue weighted by Gasteiger charge is -2.20. The average Bonchev–Trinajstić information content (AvgIpc) is 3.76. The lowest BCUT2D eigenvalue weighted by molar-refractivity contribution is -0.141. The summed E-state index contributed by atoms with van der Waals surface area (Å²) in [5.41, 5.74) is 8.44. The summed E-state index contributed by atoms with van der Waals surface area (Å²) in [4.78, 5) is 51.1. The van der Waals surface area contributed by atoms with Crippen LogP contribution in [0.15, 0.2) is 82.9 Å². The van der Waals surface area contributed by atoms with Crippen LogP contribution in [0.4, 0.5) is 17.4 Å². The zero-order chi connectivity index (χ0) is 31.0. The Morgan fingerprint density at radius 2 is 1.86 bits per heavy atom. The number of carboxylic acid groups (broad SMARTS) is 1. The van der Waals surface area contributed by atoms with E-state index in [4.69, 9.17) is 9.25 Å². The van der Waals surface area contributed by atoms with Gasteiger partial charge >= 0.3 is 5.97 Å². The summed E-state index contributed by atoms with van der Waals surface area (Å²) in [6.45, 7) is 4.18. The molecule has 0 bridgehead atoms. The number of hydrogen-bond acceptors (Lipinski definition) is 8. The Morgan fingerprint density at radius 1 is 1.09 bits per heavy atom. The second-order valence-corrected chi connectivity index (χ2v) is 11.2. The number of benzene rings is 3. The van der Waals surface area contributed by atoms with Gasteiger partial charge in [-0.3, -0.25) is 24.7 Å². The molecule has 4 aromatic rings. The topological polar surface area (TPSA) is 137 Å². The van der Waals surface area contributed by atoms with E-state index in [9.17, 15) is 19.5 Å². The van der Waals surface area contributed by atoms with Crippen LogP contribution < -0.4 is 15.7 Å². The smallest absolute Gasteiger partial charge is 0.308 e. The molecule has 0 spiro atoms. The number of aryl methyl sites for hydroxylation is 1. The fraction of sp³-hybridized carbons (Fsp3) is 0.273. The van der Waals surface area contributed by atoms with E-state index < -0.39 is 11.9 Å². The minimum Gasteiger partial charge on any atom is -0.481 e. The summed E-state index contributed by atoms with van der Waals surface area (Å²) in [7, 11) is 1.70. The van der Waals surface area contributed by atoms with Crippen LogP contribution in [0, 0.1) is 12.8 Å². The third-order valence-corrected chi connectivity index (χ3v) is 8.19. The van der Waals surface area contributed by atoms with E-state index in [2.05, 4.69) is 15.8 Å². The van der Waals surface area contributed by atoms with Crippen LogP contribution in [0.3, 0.4) is 0 Å². The maximum Gasteiger partial charge on any atom is 0.308 e. The Kier molecular flexibility index (Phi) is 7.79. The van der Waals surface area contributed by atoms with Crippen LogP contribution in [-0.4, -0.2) is 59.0 Å². The molecule has 2 aliphatic heterocycles. The molecule has 3 N–H and O–H groups in total. The van der Waals surface area contributed by atoms with E-state index in [-0.39, 0.29) is 43.3 Å². The van der Waals surface area contributed by atoms with Crippen molar-refractivity contribution in [3.63, 3.8) is 0 Å². The van der Waals surface area contributed by atoms with Crippen molar-refractivity contribution in [1.29, 1.82) is 0 Å². The van der Waals surface area contributed by atoms with Gasteiger partial charge in [0.05, 0.1) is 12.3 Å². The number of rotatable bonds is 8. The molecule has 1 fully saturated rings. The van der Waals surface area contributed by atoms with Crippen molar-refractivity contribution < 1.29 is 28.7 Å². The summed E-state index contributed by atoms with van der Waals surface area (Å²) in [6.07, 6.45) is 1.60. The van der Waals surface area contributed by atoms with Crippen molar-refractivity contribution in [3.8, 4) is 0 Å². The molecule has 3 aromatic carbocycles. The number of nitrogens with one attached hydrogen (secondary N) is 2. The largest absolute Gasteiger partial charge is 0.481 e. The lowest BCUT2D eigenvalue weighted by atomic mass is 9.89. The predicted octanol–water partition coefficient (Wildman–Crippen LogP) is 4.52. The van der Waals surface area contributed by atoms with Crippen LogP contribution in [0.1, 0.15) is 29.5 Å². The quantitative estimate of drug-likeness (QED) is 0.269. The standard InChI is InChI=1S/C33H33N5O6/c1-19-6-4-5-7-26(19)34-33-35-27-13-8-21(15-29(27)43-33)16-30(39)37(3)23-11-9-22(10-12-23)24-17-38(18-25(24)32(41)42)31(40)28-14-20(2)44-36-28/h4-15,20,24-25,36H,16-18H2,1-3H3,(H,34,35)(H,41,42). The number of aromatic nitrogens is 1. The van der Waals surface area contributed by atoms with Gasteiger partial charge < -0.3 is 24.6 Å². The fourth-order valence-electron chi connectivity index (χ4n) is 5.65. The Bertz CT molecular complexity index is 1760. The maximum atomic E-state index is 13.2. The normalized spacial score (nSPS) is 19.5. The van der Waals surface area contributed by atoms with Crippen molar-refractivity contribution in [2.75, 3.05) is 30.4 Å². The molecular formula is C33H33N5O6. The number of amides is 2. The number of oxazole rings is 1. The Hall–Kier alpha value is -5.16. The first-order chi connectivity index (χ1) is 21.2. The number of para-hydroxylation sites is 1. The molecule has 3 unspecified atom stereocenters. The molecule has 0 radical (unpaired) electrons. The molecule has 1 saturated heterocycles. The van der Waals surface area contributed by atoms with E-state index in [0.717, 1.165) is 22.4 Å². The van der Waals surface area contributed by atoms with Crippen molar-refractivity contribution >= 4 is 46.3 Å². The second-order valence-electron chi connectivity index (χ2n) is 11.2. The monoisotopic (exact) mass is 595 g/mol. The molecule has 1 aromatic heterocycles. The van der Waals surface area contributed by atoms with Gasteiger partial charge in [0.15, 0.2) is 5.58 Å². The van der Waals surface area contributed by atoms with Gasteiger partial charge in [0.25, 0.3) is 11.9 Å². The molecular weight excluding hydrogens is 562 g/mol. The number of carbonyl (C=O) groups excluding carboxylic acids is 2. The number of likely N-dealkylation sites (tertiary alicyclic amines) is 1. The SMILES string of the molecule is Cc1ccccc1Nc1nc2ccc(CC(=O)N(C)c3ccc(C4CN(C(=O)C5=CC(C)ON5)CC4C(=O)O)cc3)cc2o1. The Balaban J connectivity index is 1.11. The maximum absolute atomic E-state index is 13.2. The van der Waals surface area contributed by atoms with Crippen LogP contribution in [-0.2, 0) is 25.6 Å². The van der Waals surface area contributed by atoms with Gasteiger partial charge in [-0.05, 0) is 66.9 Å². The minimum absolute atomic E-state index is 0.103. The molecule has 0 saturated carbocycles. The Morgan fingerprint density at radius 3 is 2.57 bits per heavy atom. The first-order valence-corrected chi connectivity index (χ1v) is 14.4. The van der Waals surface area contributed by atoms with E-state index in [1.54, 1.807) is 42.0 Å². The first kappa shape index (κ1) is 28.9. The van der Waals surface area contributed by atoms with Gasteiger partial charge in [0, 0.05) is 37.4 Å². The van der Waals surface area contributed by atoms with Gasteiger partial charge in [0.2, 0.25) is 5.91 Å². The molecule has 3 heterocycles. The van der Waals surface area contributed by atoms with Gasteiger partial charge in [-0.15, -0.1) is 0 Å². The molecule has 2 aliphatic rings. The highest BCUT2D eigenvalue weighted by Crippen LogP contribution is 2.35. The number of nitrogens with zero attached hydrogens (tertiary/aromatic N) is 3. The molecule has 2 amide bonds. The van der Waals surface area contributed by atoms with Gasteiger partial charge in [-0.25, -0.2) is 0 Å². The molecule has 226 valence electrons. The van der Waals surface area contributed by atoms with Gasteiger partial charge in [0.1, 0.15) is 17.3 Å². The van der Waals surface area contributed by atoms with E-state index in [1.165, 1.54) is 0 Å². The lowest BCUT2D eigenvalue weighted by Crippen LogP contribution is -2.34. The third kappa shape index (κ3) is 5.86. The third-order valence-electron chi connectivity index (χ3n) is 8.19. The zero-order valence-corrected chi connectivity index (χ0v) is 24.6. The van der Waals surface area contributed by atoms with Gasteiger partial charge in [-0.2, -0.15) is 4.98 Å². The van der Waals surface area contributed by atoms with Crippen molar-refractivity contribution in [3.05, 3.63) is 95.2 Å². The highest BCUT2D eigenvalue weighted by Gasteiger charge is 2.41. The van der Waals surface area contributed by atoms with E-state index in [0.29, 0.717) is 28.5 Å². The molecule has 11 nitrogen and oxygen atoms in total. The summed E-state index contributed by atoms with van der Waals surface area (Å²) in [5.74, 6) is -2.49. The number of carbonyl (C=O) groups is 3. The van der Waals surface area contributed by atoms with Crippen LogP contribution in [0.2, 0.25) is 0 Å². The number of anilines is 3. The fourth-order valence-corrected chi connectivity index (χ4v) is 5.65. The highest BCUT2D eigenvalue weighted by atomic mass is 16.7. The number of aliphatic carboxylic acids is 1. The number of carboxylic acids is 1. The highest BCUT2D eigenvalue weighted by molar-refractivity contribution is 5.95. The van der Waals surface area contributed by atoms with E-state index >= 15 is 0 Å². The predicted molar refractivity (Wildman–Crippen MR) is 164 cm³/mol. The number of hydroxylamine groups is 1. The second kappa shape index (κ2) is 11.8. The number of hydrogen-bond donors (Lipinski definition) is 3. The summed E-state index contributed by atoms with van der Waals surface area (Å²) < 4.78 is 5.91. The summed E-state index contributed by atoms with van der Waals surface area (Å²) in [6, 6.07) is 21.0. The molecule has 0 aliphatic carbocycles. The molecule has 6 rings (SSSR count). The van der Waals surface area contributed by atoms with Crippen LogP contribution >= 0.6 is 0 Å².